The Hall–Kier alpha value is -2.86. The first-order valence-electron chi connectivity index (χ1n) is 8.05. The fourth-order valence-corrected chi connectivity index (χ4v) is 5.84. The number of rotatable bonds is 3. The molecule has 0 radical (unpaired) electrons. The first kappa shape index (κ1) is 17.0. The van der Waals surface area contributed by atoms with Gasteiger partial charge in [0.25, 0.3) is 0 Å². The van der Waals surface area contributed by atoms with Crippen LogP contribution in [0.25, 0.3) is 0 Å². The quantitative estimate of drug-likeness (QED) is 0.382. The fourth-order valence-electron chi connectivity index (χ4n) is 2.34. The van der Waals surface area contributed by atoms with Gasteiger partial charge in [0.05, 0.1) is 0 Å². The SMILES string of the molecule is CN(C#CC#C[As](c1ccccc1)c1ccccc1)c1ccccc1. The average molecular weight is 383 g/mol. The summed E-state index contributed by atoms with van der Waals surface area (Å²) < 4.78 is 6.11. The topological polar surface area (TPSA) is 3.24 Å². The maximum atomic E-state index is 3.45. The Balaban J connectivity index is 1.84. The molecule has 2 heteroatoms. The van der Waals surface area contributed by atoms with E-state index in [2.05, 4.69) is 71.1 Å². The Kier molecular flexibility index (Phi) is 6.00. The van der Waals surface area contributed by atoms with E-state index in [4.69, 9.17) is 0 Å². The molecule has 0 aliphatic rings. The predicted octanol–water partition coefficient (Wildman–Crippen LogP) is 2.94. The molecule has 0 saturated carbocycles. The van der Waals surface area contributed by atoms with Crippen molar-refractivity contribution in [1.82, 2.24) is 0 Å². The Bertz CT molecular complexity index is 874. The summed E-state index contributed by atoms with van der Waals surface area (Å²) in [6.07, 6.45) is 0. The van der Waals surface area contributed by atoms with Crippen molar-refractivity contribution in [2.75, 3.05) is 11.9 Å². The van der Waals surface area contributed by atoms with Crippen LogP contribution in [0.2, 0.25) is 0 Å². The summed E-state index contributed by atoms with van der Waals surface area (Å²) in [5.41, 5.74) is 1.07. The molecule has 120 valence electrons. The average Bonchev–Trinajstić information content (AvgIpc) is 2.70. The fraction of sp³-hybridized carbons (Fsp3) is 0.0435. The summed E-state index contributed by atoms with van der Waals surface area (Å²) in [6, 6.07) is 34.3. The number of anilines is 1. The van der Waals surface area contributed by atoms with E-state index in [1.807, 2.05) is 54.4 Å². The molecular weight excluding hydrogens is 365 g/mol. The number of para-hydroxylation sites is 1. The molecule has 0 amide bonds. The summed E-state index contributed by atoms with van der Waals surface area (Å²) in [6.45, 7) is 0. The van der Waals surface area contributed by atoms with Gasteiger partial charge < -0.3 is 0 Å². The first-order valence-corrected chi connectivity index (χ1v) is 10.9. The second-order valence-corrected chi connectivity index (χ2v) is 9.42. The van der Waals surface area contributed by atoms with Crippen LogP contribution >= 0.6 is 0 Å². The maximum absolute atomic E-state index is 3.45. The van der Waals surface area contributed by atoms with Gasteiger partial charge in [0, 0.05) is 0 Å². The van der Waals surface area contributed by atoms with Gasteiger partial charge in [-0.05, 0) is 0 Å². The molecule has 3 aromatic rings. The van der Waals surface area contributed by atoms with Crippen LogP contribution in [0.15, 0.2) is 91.0 Å². The van der Waals surface area contributed by atoms with Crippen LogP contribution in [0, 0.1) is 22.6 Å². The monoisotopic (exact) mass is 383 g/mol. The second-order valence-electron chi connectivity index (χ2n) is 5.37. The zero-order chi connectivity index (χ0) is 17.3. The number of hydrogen-bond acceptors (Lipinski definition) is 1. The van der Waals surface area contributed by atoms with E-state index >= 15 is 0 Å². The summed E-state index contributed by atoms with van der Waals surface area (Å²) in [5.74, 6) is 6.10. The molecule has 0 unspecified atom stereocenters. The van der Waals surface area contributed by atoms with Gasteiger partial charge in [0.2, 0.25) is 0 Å². The van der Waals surface area contributed by atoms with E-state index in [9.17, 15) is 0 Å². The molecule has 0 atom stereocenters. The summed E-state index contributed by atoms with van der Waals surface area (Å²) in [7, 11) is 1.95. The third kappa shape index (κ3) is 4.81. The number of hydrogen-bond donors (Lipinski definition) is 0. The molecule has 1 nitrogen and oxygen atoms in total. The van der Waals surface area contributed by atoms with Crippen molar-refractivity contribution in [2.24, 2.45) is 0 Å². The van der Waals surface area contributed by atoms with Crippen LogP contribution in [0.5, 0.6) is 0 Å². The molecular formula is C23H18AsN. The molecule has 3 rings (SSSR count). The molecule has 0 bridgehead atoms. The molecule has 0 fully saturated rings. The molecule has 0 saturated heterocycles. The normalized spacial score (nSPS) is 9.52. The van der Waals surface area contributed by atoms with Crippen molar-refractivity contribution in [2.45, 2.75) is 0 Å². The molecule has 0 heterocycles. The molecule has 25 heavy (non-hydrogen) atoms. The second kappa shape index (κ2) is 8.84. The van der Waals surface area contributed by atoms with Crippen LogP contribution in [-0.2, 0) is 0 Å². The van der Waals surface area contributed by atoms with Gasteiger partial charge in [-0.3, -0.25) is 0 Å². The summed E-state index contributed by atoms with van der Waals surface area (Å²) >= 11 is -1.65. The minimum absolute atomic E-state index is 1.07. The van der Waals surface area contributed by atoms with Gasteiger partial charge >= 0.3 is 155 Å². The van der Waals surface area contributed by atoms with E-state index in [0.717, 1.165) is 5.69 Å². The molecule has 0 N–H and O–H groups in total. The summed E-state index contributed by atoms with van der Waals surface area (Å²) in [5, 5.41) is 0. The van der Waals surface area contributed by atoms with E-state index in [1.165, 1.54) is 8.70 Å². The van der Waals surface area contributed by atoms with E-state index in [0.29, 0.717) is 0 Å². The zero-order valence-electron chi connectivity index (χ0n) is 14.1. The van der Waals surface area contributed by atoms with Gasteiger partial charge in [-0.25, -0.2) is 0 Å². The van der Waals surface area contributed by atoms with Crippen LogP contribution in [0.1, 0.15) is 0 Å². The van der Waals surface area contributed by atoms with E-state index in [-0.39, 0.29) is 0 Å². The van der Waals surface area contributed by atoms with Gasteiger partial charge in [-0.1, -0.05) is 0 Å². The van der Waals surface area contributed by atoms with Gasteiger partial charge in [0.1, 0.15) is 0 Å². The van der Waals surface area contributed by atoms with Crippen molar-refractivity contribution in [1.29, 1.82) is 0 Å². The van der Waals surface area contributed by atoms with Crippen molar-refractivity contribution in [3.63, 3.8) is 0 Å². The zero-order valence-corrected chi connectivity index (χ0v) is 15.9. The Labute approximate surface area is 154 Å². The predicted molar refractivity (Wildman–Crippen MR) is 108 cm³/mol. The van der Waals surface area contributed by atoms with Gasteiger partial charge in [-0.15, -0.1) is 0 Å². The molecule has 0 aliphatic heterocycles. The Morgan fingerprint density at radius 2 is 1.12 bits per heavy atom. The van der Waals surface area contributed by atoms with Crippen molar-refractivity contribution >= 4 is 29.0 Å². The Morgan fingerprint density at radius 3 is 1.64 bits per heavy atom. The van der Waals surface area contributed by atoms with Crippen LogP contribution in [0.3, 0.4) is 0 Å². The minimum atomic E-state index is -1.65. The standard InChI is InChI=1S/C23H18AsN/c1-25(23-17-9-4-10-18-23)20-12-11-19-24(21-13-5-2-6-14-21)22-15-7-3-8-16-22/h2-10,13-18H,1H3. The van der Waals surface area contributed by atoms with Gasteiger partial charge in [-0.2, -0.15) is 0 Å². The van der Waals surface area contributed by atoms with Crippen LogP contribution in [-0.4, -0.2) is 21.7 Å². The van der Waals surface area contributed by atoms with Gasteiger partial charge in [0.15, 0.2) is 0 Å². The number of benzene rings is 3. The van der Waals surface area contributed by atoms with Crippen LogP contribution in [0.4, 0.5) is 5.69 Å². The molecule has 0 spiro atoms. The van der Waals surface area contributed by atoms with Crippen molar-refractivity contribution in [3.05, 3.63) is 91.0 Å². The van der Waals surface area contributed by atoms with Crippen molar-refractivity contribution in [3.8, 4) is 22.6 Å². The third-order valence-corrected chi connectivity index (χ3v) is 7.75. The molecule has 0 aliphatic carbocycles. The molecule has 3 aromatic carbocycles. The van der Waals surface area contributed by atoms with Crippen LogP contribution < -0.4 is 13.6 Å². The molecule has 0 aromatic heterocycles. The first-order chi connectivity index (χ1) is 12.3. The number of nitrogens with zero attached hydrogens (tertiary/aromatic N) is 1. The Morgan fingerprint density at radius 1 is 0.640 bits per heavy atom. The van der Waals surface area contributed by atoms with E-state index in [1.54, 1.807) is 0 Å². The van der Waals surface area contributed by atoms with E-state index < -0.39 is 14.7 Å². The van der Waals surface area contributed by atoms with Crippen molar-refractivity contribution < 1.29 is 0 Å². The third-order valence-electron chi connectivity index (χ3n) is 3.63. The summed E-state index contributed by atoms with van der Waals surface area (Å²) in [4.78, 5) is 1.90.